The number of hydrogen-bond donors (Lipinski definition) is 1. The van der Waals surface area contributed by atoms with Crippen molar-refractivity contribution >= 4 is 22.7 Å². The molecule has 0 amide bonds. The Morgan fingerprint density at radius 3 is 2.48 bits per heavy atom. The molecule has 0 aliphatic heterocycles. The highest BCUT2D eigenvalue weighted by atomic mass is 32.1. The van der Waals surface area contributed by atoms with Gasteiger partial charge in [-0.25, -0.2) is 9.98 Å². The van der Waals surface area contributed by atoms with E-state index in [2.05, 4.69) is 17.1 Å². The summed E-state index contributed by atoms with van der Waals surface area (Å²) < 4.78 is 10.7. The number of phenolic OH excluding ortho intramolecular Hbond substituents is 1. The molecule has 0 saturated carbocycles. The molecule has 0 radical (unpaired) electrons. The Hall–Kier alpha value is -3.64. The normalized spacial score (nSPS) is 11.0. The van der Waals surface area contributed by atoms with Crippen LogP contribution in [0.3, 0.4) is 0 Å². The number of aliphatic imine (C=N–C) groups is 1. The maximum Gasteiger partial charge on any atom is 0.210 e. The second-order valence-corrected chi connectivity index (χ2v) is 7.66. The van der Waals surface area contributed by atoms with Crippen LogP contribution >= 0.6 is 11.3 Å². The lowest BCUT2D eigenvalue weighted by molar-refractivity contribution is 0.318. The van der Waals surface area contributed by atoms with Crippen LogP contribution in [-0.2, 0) is 0 Å². The summed E-state index contributed by atoms with van der Waals surface area (Å²) in [5.74, 6) is 1.35. The van der Waals surface area contributed by atoms with Gasteiger partial charge in [-0.2, -0.15) is 0 Å². The van der Waals surface area contributed by atoms with Crippen molar-refractivity contribution < 1.29 is 14.6 Å². The molecule has 0 aliphatic rings. The molecule has 0 unspecified atom stereocenters. The molecular formula is C25H22N2O3S. The van der Waals surface area contributed by atoms with Gasteiger partial charge in [0.25, 0.3) is 0 Å². The van der Waals surface area contributed by atoms with Crippen LogP contribution in [0.5, 0.6) is 17.2 Å². The van der Waals surface area contributed by atoms with Gasteiger partial charge in [-0.1, -0.05) is 41.7 Å². The molecule has 1 heterocycles. The molecule has 0 aliphatic carbocycles. The fourth-order valence-corrected chi connectivity index (χ4v) is 4.04. The van der Waals surface area contributed by atoms with E-state index >= 15 is 0 Å². The van der Waals surface area contributed by atoms with E-state index in [-0.39, 0.29) is 5.75 Å². The molecule has 1 aromatic heterocycles. The SMILES string of the molecule is CCOc1cc(C=Nc2nc(-c3ccc(OC)cc3)c(-c3ccccc3)s2)ccc1O. The van der Waals surface area contributed by atoms with Crippen LogP contribution in [0, 0.1) is 0 Å². The third-order valence-corrected chi connectivity index (χ3v) is 5.64. The number of methoxy groups -OCH3 is 1. The largest absolute Gasteiger partial charge is 0.504 e. The highest BCUT2D eigenvalue weighted by Gasteiger charge is 2.15. The van der Waals surface area contributed by atoms with Crippen LogP contribution in [0.25, 0.3) is 21.7 Å². The topological polar surface area (TPSA) is 63.9 Å². The van der Waals surface area contributed by atoms with Crippen LogP contribution in [0.2, 0.25) is 0 Å². The molecule has 5 nitrogen and oxygen atoms in total. The maximum atomic E-state index is 9.89. The highest BCUT2D eigenvalue weighted by Crippen LogP contribution is 2.40. The minimum atomic E-state index is 0.112. The first-order chi connectivity index (χ1) is 15.2. The summed E-state index contributed by atoms with van der Waals surface area (Å²) >= 11 is 1.53. The van der Waals surface area contributed by atoms with Crippen molar-refractivity contribution in [2.24, 2.45) is 4.99 Å². The Morgan fingerprint density at radius 2 is 1.77 bits per heavy atom. The average Bonchev–Trinajstić information content (AvgIpc) is 3.25. The van der Waals surface area contributed by atoms with Gasteiger partial charge in [0.05, 0.1) is 24.3 Å². The molecule has 0 bridgehead atoms. The predicted molar refractivity (Wildman–Crippen MR) is 126 cm³/mol. The number of rotatable bonds is 7. The van der Waals surface area contributed by atoms with E-state index in [0.29, 0.717) is 17.5 Å². The van der Waals surface area contributed by atoms with Crippen LogP contribution in [0.15, 0.2) is 77.8 Å². The maximum absolute atomic E-state index is 9.89. The van der Waals surface area contributed by atoms with E-state index in [1.165, 1.54) is 11.3 Å². The monoisotopic (exact) mass is 430 g/mol. The van der Waals surface area contributed by atoms with E-state index in [9.17, 15) is 5.11 Å². The smallest absolute Gasteiger partial charge is 0.210 e. The summed E-state index contributed by atoms with van der Waals surface area (Å²) in [6.07, 6.45) is 1.73. The summed E-state index contributed by atoms with van der Waals surface area (Å²) in [4.78, 5) is 10.5. The quantitative estimate of drug-likeness (QED) is 0.348. The minimum Gasteiger partial charge on any atom is -0.504 e. The summed E-state index contributed by atoms with van der Waals surface area (Å²) in [5, 5.41) is 10.5. The number of ether oxygens (including phenoxy) is 2. The van der Waals surface area contributed by atoms with Crippen LogP contribution < -0.4 is 9.47 Å². The molecule has 6 heteroatoms. The van der Waals surface area contributed by atoms with Gasteiger partial charge in [-0.05, 0) is 60.5 Å². The van der Waals surface area contributed by atoms with Crippen molar-refractivity contribution in [3.63, 3.8) is 0 Å². The number of nitrogens with zero attached hydrogens (tertiary/aromatic N) is 2. The van der Waals surface area contributed by atoms with Gasteiger partial charge in [0.15, 0.2) is 11.5 Å². The zero-order chi connectivity index (χ0) is 21.6. The average molecular weight is 431 g/mol. The number of benzene rings is 3. The summed E-state index contributed by atoms with van der Waals surface area (Å²) in [6, 6.07) is 23.2. The molecule has 4 aromatic rings. The van der Waals surface area contributed by atoms with Gasteiger partial charge >= 0.3 is 0 Å². The Morgan fingerprint density at radius 1 is 1.00 bits per heavy atom. The standard InChI is InChI=1S/C25H22N2O3S/c1-3-30-22-15-17(9-14-21(22)28)16-26-25-27-23(18-10-12-20(29-2)13-11-18)24(31-25)19-7-5-4-6-8-19/h4-16,28H,3H2,1-2H3. The number of thiazole rings is 1. The number of hydrogen-bond acceptors (Lipinski definition) is 6. The Labute approximate surface area is 185 Å². The zero-order valence-electron chi connectivity index (χ0n) is 17.3. The van der Waals surface area contributed by atoms with Crippen molar-refractivity contribution in [3.8, 4) is 38.9 Å². The van der Waals surface area contributed by atoms with E-state index in [1.807, 2.05) is 49.4 Å². The highest BCUT2D eigenvalue weighted by molar-refractivity contribution is 7.19. The van der Waals surface area contributed by atoms with Gasteiger partial charge in [0.1, 0.15) is 5.75 Å². The molecule has 0 spiro atoms. The van der Waals surface area contributed by atoms with Crippen molar-refractivity contribution in [3.05, 3.63) is 78.4 Å². The first kappa shape index (κ1) is 20.6. The zero-order valence-corrected chi connectivity index (χ0v) is 18.1. The van der Waals surface area contributed by atoms with E-state index in [4.69, 9.17) is 14.5 Å². The molecule has 0 atom stereocenters. The number of aromatic hydroxyl groups is 1. The number of phenols is 1. The number of aromatic nitrogens is 1. The summed E-state index contributed by atoms with van der Waals surface area (Å²) in [6.45, 7) is 2.36. The van der Waals surface area contributed by atoms with Gasteiger partial charge in [0, 0.05) is 11.8 Å². The molecule has 3 aromatic carbocycles. The van der Waals surface area contributed by atoms with Crippen LogP contribution in [-0.4, -0.2) is 30.0 Å². The molecule has 31 heavy (non-hydrogen) atoms. The van der Waals surface area contributed by atoms with Gasteiger partial charge in [-0.3, -0.25) is 0 Å². The van der Waals surface area contributed by atoms with E-state index in [1.54, 1.807) is 31.5 Å². The van der Waals surface area contributed by atoms with Crippen LogP contribution in [0.4, 0.5) is 5.13 Å². The third kappa shape index (κ3) is 4.75. The molecule has 156 valence electrons. The van der Waals surface area contributed by atoms with Crippen molar-refractivity contribution in [2.45, 2.75) is 6.92 Å². The Balaban J connectivity index is 1.71. The second kappa shape index (κ2) is 9.45. The van der Waals surface area contributed by atoms with E-state index in [0.717, 1.165) is 33.0 Å². The van der Waals surface area contributed by atoms with E-state index < -0.39 is 0 Å². The predicted octanol–water partition coefficient (Wildman–Crippen LogP) is 6.34. The fourth-order valence-electron chi connectivity index (χ4n) is 3.11. The Kier molecular flexibility index (Phi) is 6.29. The molecule has 4 rings (SSSR count). The van der Waals surface area contributed by atoms with Gasteiger partial charge in [0.2, 0.25) is 5.13 Å². The third-order valence-electron chi connectivity index (χ3n) is 4.62. The lowest BCUT2D eigenvalue weighted by Gasteiger charge is -2.05. The van der Waals surface area contributed by atoms with Crippen molar-refractivity contribution in [1.29, 1.82) is 0 Å². The minimum absolute atomic E-state index is 0.112. The Bertz CT molecular complexity index is 1190. The molecular weight excluding hydrogens is 408 g/mol. The summed E-state index contributed by atoms with van der Waals surface area (Å²) in [7, 11) is 1.65. The first-order valence-electron chi connectivity index (χ1n) is 9.88. The first-order valence-corrected chi connectivity index (χ1v) is 10.7. The second-order valence-electron chi connectivity index (χ2n) is 6.69. The molecule has 0 fully saturated rings. The fraction of sp³-hybridized carbons (Fsp3) is 0.120. The van der Waals surface area contributed by atoms with Crippen LogP contribution in [0.1, 0.15) is 12.5 Å². The lowest BCUT2D eigenvalue weighted by Crippen LogP contribution is -1.93. The molecule has 0 saturated heterocycles. The lowest BCUT2D eigenvalue weighted by atomic mass is 10.1. The van der Waals surface area contributed by atoms with Crippen molar-refractivity contribution in [2.75, 3.05) is 13.7 Å². The van der Waals surface area contributed by atoms with Gasteiger partial charge < -0.3 is 14.6 Å². The summed E-state index contributed by atoms with van der Waals surface area (Å²) in [5.41, 5.74) is 3.80. The molecule has 1 N–H and O–H groups in total. The van der Waals surface area contributed by atoms with Gasteiger partial charge in [-0.15, -0.1) is 0 Å². The van der Waals surface area contributed by atoms with Crippen molar-refractivity contribution in [1.82, 2.24) is 4.98 Å².